The molecule has 0 aromatic heterocycles. The Bertz CT molecular complexity index is 2490. The number of hydrogen-bond acceptors (Lipinski definition) is 4. The zero-order chi connectivity index (χ0) is 38.4. The van der Waals surface area contributed by atoms with Gasteiger partial charge in [-0.25, -0.2) is 0 Å². The van der Waals surface area contributed by atoms with Crippen LogP contribution in [0.2, 0.25) is 0 Å². The minimum Gasteiger partial charge on any atom is -0.380 e. The number of nitrogens with one attached hydrogen (secondary N) is 4. The third-order valence-corrected chi connectivity index (χ3v) is 13.9. The number of para-hydroxylation sites is 1. The van der Waals surface area contributed by atoms with Gasteiger partial charge in [-0.2, -0.15) is 0 Å². The van der Waals surface area contributed by atoms with Crippen LogP contribution in [0.5, 0.6) is 0 Å². The van der Waals surface area contributed by atoms with E-state index in [-0.39, 0.29) is 18.5 Å². The molecule has 7 atom stereocenters. The molecule has 2 heterocycles. The lowest BCUT2D eigenvalue weighted by Gasteiger charge is -2.45. The van der Waals surface area contributed by atoms with Crippen LogP contribution in [0.1, 0.15) is 84.8 Å². The van der Waals surface area contributed by atoms with Crippen LogP contribution in [0.3, 0.4) is 0 Å². The van der Waals surface area contributed by atoms with Crippen molar-refractivity contribution < 1.29 is 0 Å². The maximum Gasteiger partial charge on any atom is 0.0861 e. The first-order chi connectivity index (χ1) is 28.7. The van der Waals surface area contributed by atoms with Gasteiger partial charge < -0.3 is 5.32 Å². The van der Waals surface area contributed by atoms with Crippen LogP contribution < -0.4 is 21.3 Å². The predicted octanol–water partition coefficient (Wildman–Crippen LogP) is 11.6. The van der Waals surface area contributed by atoms with E-state index >= 15 is 0 Å². The largest absolute Gasteiger partial charge is 0.380 e. The lowest BCUT2D eigenvalue weighted by atomic mass is 9.71. The molecule has 1 fully saturated rings. The van der Waals surface area contributed by atoms with Crippen LogP contribution in [0, 0.1) is 17.8 Å². The number of allylic oxidation sites excluding steroid dienone is 11. The molecule has 4 heteroatoms. The van der Waals surface area contributed by atoms with Gasteiger partial charge in [0.15, 0.2) is 0 Å². The minimum atomic E-state index is 0.0790. The van der Waals surface area contributed by atoms with Gasteiger partial charge in [0.1, 0.15) is 0 Å². The third kappa shape index (κ3) is 6.91. The Kier molecular flexibility index (Phi) is 9.58. The summed E-state index contributed by atoms with van der Waals surface area (Å²) in [5.41, 5.74) is 15.4. The van der Waals surface area contributed by atoms with Gasteiger partial charge in [-0.05, 0) is 142 Å². The zero-order valence-electron chi connectivity index (χ0n) is 33.3. The maximum absolute atomic E-state index is 4.17. The molecule has 58 heavy (non-hydrogen) atoms. The fraction of sp³-hybridized carbons (Fsp3) is 0.296. The number of aryl methyl sites for hydroxylation is 1. The van der Waals surface area contributed by atoms with Crippen molar-refractivity contribution in [3.63, 3.8) is 0 Å². The van der Waals surface area contributed by atoms with Gasteiger partial charge in [0.05, 0.1) is 18.5 Å². The second-order valence-electron chi connectivity index (χ2n) is 17.5. The van der Waals surface area contributed by atoms with Gasteiger partial charge in [0.2, 0.25) is 0 Å². The number of anilines is 1. The van der Waals surface area contributed by atoms with E-state index in [0.29, 0.717) is 23.7 Å². The highest BCUT2D eigenvalue weighted by molar-refractivity contribution is 5.91. The molecule has 0 radical (unpaired) electrons. The van der Waals surface area contributed by atoms with Crippen LogP contribution in [0.4, 0.5) is 5.69 Å². The third-order valence-electron chi connectivity index (χ3n) is 13.9. The Hall–Kier alpha value is -5.26. The first-order valence-corrected chi connectivity index (χ1v) is 22.0. The van der Waals surface area contributed by atoms with E-state index in [4.69, 9.17) is 0 Å². The second-order valence-corrected chi connectivity index (χ2v) is 17.5. The molecule has 0 amide bonds. The summed E-state index contributed by atoms with van der Waals surface area (Å²) in [7, 11) is 0. The van der Waals surface area contributed by atoms with Gasteiger partial charge in [0, 0.05) is 30.0 Å². The van der Waals surface area contributed by atoms with E-state index < -0.39 is 0 Å². The van der Waals surface area contributed by atoms with Crippen molar-refractivity contribution in [3.8, 4) is 0 Å². The Morgan fingerprint density at radius 2 is 1.45 bits per heavy atom. The van der Waals surface area contributed by atoms with Crippen molar-refractivity contribution in [2.75, 3.05) is 11.9 Å². The molecule has 7 unspecified atom stereocenters. The van der Waals surface area contributed by atoms with Crippen molar-refractivity contribution in [1.29, 1.82) is 0 Å². The summed E-state index contributed by atoms with van der Waals surface area (Å²) in [5.74, 6) is 1.42. The molecule has 4 nitrogen and oxygen atoms in total. The average molecular weight is 759 g/mol. The summed E-state index contributed by atoms with van der Waals surface area (Å²) < 4.78 is 0. The van der Waals surface area contributed by atoms with Crippen molar-refractivity contribution in [3.05, 3.63) is 195 Å². The first kappa shape index (κ1) is 35.9. The van der Waals surface area contributed by atoms with E-state index in [1.54, 1.807) is 0 Å². The van der Waals surface area contributed by atoms with Gasteiger partial charge in [0.25, 0.3) is 0 Å². The molecular weight excluding hydrogens is 705 g/mol. The summed E-state index contributed by atoms with van der Waals surface area (Å²) in [6, 6.07) is 31.2. The summed E-state index contributed by atoms with van der Waals surface area (Å²) >= 11 is 0. The highest BCUT2D eigenvalue weighted by Gasteiger charge is 2.38. The van der Waals surface area contributed by atoms with Gasteiger partial charge in [-0.3, -0.25) is 16.0 Å². The normalized spacial score (nSPS) is 28.8. The topological polar surface area (TPSA) is 48.1 Å². The van der Waals surface area contributed by atoms with Crippen LogP contribution in [0.15, 0.2) is 167 Å². The van der Waals surface area contributed by atoms with Crippen LogP contribution in [-0.4, -0.2) is 18.9 Å². The highest BCUT2D eigenvalue weighted by Crippen LogP contribution is 2.46. The van der Waals surface area contributed by atoms with Crippen molar-refractivity contribution in [2.45, 2.75) is 75.8 Å². The molecule has 4 aromatic carbocycles. The van der Waals surface area contributed by atoms with E-state index in [1.165, 1.54) is 91.4 Å². The van der Waals surface area contributed by atoms with Gasteiger partial charge in [-0.1, -0.05) is 134 Å². The number of hydrogen-bond donors (Lipinski definition) is 4. The molecule has 1 saturated heterocycles. The van der Waals surface area contributed by atoms with Crippen LogP contribution >= 0.6 is 0 Å². The molecule has 7 aliphatic rings. The standard InChI is InChI=1S/C54H54N4/c1-3-13-35(14-4-1)52-56-53(36-15-5-2-6-16-36)58-54(57-52)45-31-43(30-44(32-45)50-33-41-17-7-9-19-47(41)48-20-10-11-21-49(48)50)39-25-23-38-28-40(26-24-37(38)27-39)46-29-42-18-8-12-22-51(42)55-34-46/h1,3-4,7-9,11-15,17-19,21-30,33,37-38,44-45,52-58H,2,5-6,10,16,20,31-32,34H2. The predicted molar refractivity (Wildman–Crippen MR) is 242 cm³/mol. The summed E-state index contributed by atoms with van der Waals surface area (Å²) in [6.07, 6.45) is 36.9. The lowest BCUT2D eigenvalue weighted by Crippen LogP contribution is -2.66. The first-order valence-electron chi connectivity index (χ1n) is 22.0. The fourth-order valence-electron chi connectivity index (χ4n) is 10.9. The number of fused-ring (bicyclic) bond motifs is 5. The number of rotatable bonds is 6. The molecule has 0 bridgehead atoms. The molecule has 0 spiro atoms. The second kappa shape index (κ2) is 15.5. The highest BCUT2D eigenvalue weighted by atomic mass is 15.4. The molecular formula is C54H54N4. The van der Waals surface area contributed by atoms with Gasteiger partial charge >= 0.3 is 0 Å². The van der Waals surface area contributed by atoms with E-state index in [2.05, 4.69) is 173 Å². The van der Waals surface area contributed by atoms with Crippen molar-refractivity contribution in [2.24, 2.45) is 17.8 Å². The Morgan fingerprint density at radius 3 is 2.31 bits per heavy atom. The molecule has 290 valence electrons. The average Bonchev–Trinajstić information content (AvgIpc) is 3.31. The van der Waals surface area contributed by atoms with Crippen LogP contribution in [0.25, 0.3) is 22.9 Å². The minimum absolute atomic E-state index is 0.0790. The maximum atomic E-state index is 4.17. The van der Waals surface area contributed by atoms with Gasteiger partial charge in [-0.15, -0.1) is 0 Å². The Labute approximate surface area is 344 Å². The van der Waals surface area contributed by atoms with Crippen molar-refractivity contribution >= 4 is 28.6 Å². The Morgan fingerprint density at radius 1 is 0.655 bits per heavy atom. The molecule has 4 N–H and O–H groups in total. The number of benzene rings is 4. The van der Waals surface area contributed by atoms with E-state index in [0.717, 1.165) is 38.6 Å². The van der Waals surface area contributed by atoms with Crippen LogP contribution in [-0.2, 0) is 6.42 Å². The fourth-order valence-corrected chi connectivity index (χ4v) is 10.9. The molecule has 2 aliphatic heterocycles. The van der Waals surface area contributed by atoms with Crippen molar-refractivity contribution in [1.82, 2.24) is 16.0 Å². The zero-order valence-corrected chi connectivity index (χ0v) is 33.3. The molecule has 5 aliphatic carbocycles. The Balaban J connectivity index is 0.950. The smallest absolute Gasteiger partial charge is 0.0861 e. The SMILES string of the molecule is C1=Cc2c(C3C=C(C4=CC5C=CC(C6=Cc7ccccc7NC6)=CC5C=C4)CC(C4NC(C5=CCCCC5)NC(c5ccccc5)N4)C3)cc3ccccc3c2CC1. The summed E-state index contributed by atoms with van der Waals surface area (Å²) in [5, 5.41) is 18.7. The van der Waals surface area contributed by atoms with E-state index in [9.17, 15) is 0 Å². The lowest BCUT2D eigenvalue weighted by molar-refractivity contribution is 0.154. The molecule has 11 rings (SSSR count). The summed E-state index contributed by atoms with van der Waals surface area (Å²) in [6.45, 7) is 0.862. The summed E-state index contributed by atoms with van der Waals surface area (Å²) in [4.78, 5) is 0. The molecule has 4 aromatic rings. The quantitative estimate of drug-likeness (QED) is 0.148. The molecule has 0 saturated carbocycles. The van der Waals surface area contributed by atoms with E-state index in [1.807, 2.05) is 0 Å². The monoisotopic (exact) mass is 758 g/mol.